The lowest BCUT2D eigenvalue weighted by Gasteiger charge is -2.23. The minimum Gasteiger partial charge on any atom is -0.493 e. The zero-order valence-corrected chi connectivity index (χ0v) is 16.1. The predicted molar refractivity (Wildman–Crippen MR) is 104 cm³/mol. The van der Waals surface area contributed by atoms with Crippen LogP contribution in [0.3, 0.4) is 0 Å². The summed E-state index contributed by atoms with van der Waals surface area (Å²) in [4.78, 5) is 24.2. The number of rotatable bonds is 6. The van der Waals surface area contributed by atoms with Crippen molar-refractivity contribution in [3.63, 3.8) is 0 Å². The fraction of sp³-hybridized carbons (Fsp3) is 0.300. The molecule has 2 amide bonds. The number of benzene rings is 2. The molecule has 0 bridgehead atoms. The summed E-state index contributed by atoms with van der Waals surface area (Å²) in [6.07, 6.45) is -0.443. The van der Waals surface area contributed by atoms with E-state index in [9.17, 15) is 9.59 Å². The third-order valence-corrected chi connectivity index (χ3v) is 4.28. The van der Waals surface area contributed by atoms with Crippen LogP contribution < -0.4 is 29.6 Å². The largest absolute Gasteiger partial charge is 0.493 e. The number of carbonyl (C=O) groups is 2. The Balaban J connectivity index is 1.74. The zero-order chi connectivity index (χ0) is 20.3. The maximum absolute atomic E-state index is 12.5. The molecule has 1 aliphatic rings. The molecule has 0 aromatic heterocycles. The molecule has 28 heavy (non-hydrogen) atoms. The highest BCUT2D eigenvalue weighted by molar-refractivity contribution is 5.99. The van der Waals surface area contributed by atoms with Crippen molar-refractivity contribution in [2.75, 3.05) is 32.0 Å². The molecular formula is C20H22N2O6. The van der Waals surface area contributed by atoms with Crippen LogP contribution in [0.5, 0.6) is 23.0 Å². The van der Waals surface area contributed by atoms with E-state index in [-0.39, 0.29) is 18.2 Å². The molecule has 2 N–H and O–H groups in total. The van der Waals surface area contributed by atoms with Crippen LogP contribution in [0.1, 0.15) is 12.5 Å². The van der Waals surface area contributed by atoms with Gasteiger partial charge < -0.3 is 29.6 Å². The van der Waals surface area contributed by atoms with E-state index in [4.69, 9.17) is 18.9 Å². The molecule has 3 rings (SSSR count). The van der Waals surface area contributed by atoms with Crippen molar-refractivity contribution in [3.8, 4) is 23.0 Å². The molecule has 0 radical (unpaired) electrons. The van der Waals surface area contributed by atoms with E-state index in [1.807, 2.05) is 0 Å². The Hall–Kier alpha value is -3.42. The molecule has 2 aromatic carbocycles. The second-order valence-corrected chi connectivity index (χ2v) is 6.22. The molecule has 1 atom stereocenters. The highest BCUT2D eigenvalue weighted by Crippen LogP contribution is 2.38. The lowest BCUT2D eigenvalue weighted by atomic mass is 10.1. The normalized spacial score (nSPS) is 15.0. The number of amides is 2. The van der Waals surface area contributed by atoms with Crippen LogP contribution in [-0.2, 0) is 16.0 Å². The topological polar surface area (TPSA) is 95.1 Å². The van der Waals surface area contributed by atoms with Gasteiger partial charge in [0.25, 0.3) is 5.91 Å². The van der Waals surface area contributed by atoms with Crippen molar-refractivity contribution in [1.29, 1.82) is 0 Å². The van der Waals surface area contributed by atoms with Crippen LogP contribution in [0.2, 0.25) is 0 Å². The van der Waals surface area contributed by atoms with E-state index in [1.165, 1.54) is 21.3 Å². The average molecular weight is 386 g/mol. The van der Waals surface area contributed by atoms with Gasteiger partial charge in [-0.25, -0.2) is 0 Å². The molecule has 1 heterocycles. The number of methoxy groups -OCH3 is 3. The number of hydrogen-bond acceptors (Lipinski definition) is 6. The van der Waals surface area contributed by atoms with Gasteiger partial charge in [-0.05, 0) is 42.8 Å². The summed E-state index contributed by atoms with van der Waals surface area (Å²) in [7, 11) is 4.56. The van der Waals surface area contributed by atoms with Gasteiger partial charge in [-0.3, -0.25) is 9.59 Å². The van der Waals surface area contributed by atoms with Crippen LogP contribution in [-0.4, -0.2) is 39.2 Å². The number of anilines is 2. The van der Waals surface area contributed by atoms with Crippen molar-refractivity contribution in [1.82, 2.24) is 0 Å². The van der Waals surface area contributed by atoms with Crippen molar-refractivity contribution in [2.24, 2.45) is 0 Å². The first-order valence-corrected chi connectivity index (χ1v) is 8.65. The van der Waals surface area contributed by atoms with E-state index in [0.717, 1.165) is 0 Å². The van der Waals surface area contributed by atoms with Gasteiger partial charge in [0.15, 0.2) is 17.6 Å². The molecule has 0 aliphatic carbocycles. The number of ether oxygens (including phenoxy) is 4. The maximum Gasteiger partial charge on any atom is 0.265 e. The smallest absolute Gasteiger partial charge is 0.265 e. The molecule has 0 spiro atoms. The van der Waals surface area contributed by atoms with Crippen molar-refractivity contribution < 1.29 is 28.5 Å². The number of carbonyl (C=O) groups excluding carboxylic acids is 2. The summed E-state index contributed by atoms with van der Waals surface area (Å²) in [6, 6.07) is 8.54. The highest BCUT2D eigenvalue weighted by Gasteiger charge is 2.23. The molecular weight excluding hydrogens is 364 g/mol. The van der Waals surface area contributed by atoms with Crippen molar-refractivity contribution >= 4 is 23.2 Å². The van der Waals surface area contributed by atoms with Crippen molar-refractivity contribution in [3.05, 3.63) is 35.9 Å². The van der Waals surface area contributed by atoms with Crippen LogP contribution in [0.25, 0.3) is 0 Å². The van der Waals surface area contributed by atoms with E-state index in [1.54, 1.807) is 37.3 Å². The Kier molecular flexibility index (Phi) is 5.58. The van der Waals surface area contributed by atoms with E-state index >= 15 is 0 Å². The van der Waals surface area contributed by atoms with Gasteiger partial charge in [-0.15, -0.1) is 0 Å². The fourth-order valence-corrected chi connectivity index (χ4v) is 2.91. The molecule has 1 aliphatic heterocycles. The number of hydrogen-bond donors (Lipinski definition) is 2. The predicted octanol–water partition coefficient (Wildman–Crippen LogP) is 2.61. The quantitative estimate of drug-likeness (QED) is 0.792. The van der Waals surface area contributed by atoms with E-state index in [0.29, 0.717) is 39.9 Å². The van der Waals surface area contributed by atoms with Gasteiger partial charge in [0, 0.05) is 5.69 Å². The summed E-state index contributed by atoms with van der Waals surface area (Å²) in [6.45, 7) is 1.67. The first-order valence-electron chi connectivity index (χ1n) is 8.65. The Morgan fingerprint density at radius 3 is 2.39 bits per heavy atom. The summed E-state index contributed by atoms with van der Waals surface area (Å²) in [5, 5.41) is 5.57. The molecule has 148 valence electrons. The minimum atomic E-state index is -0.548. The monoisotopic (exact) mass is 386 g/mol. The second kappa shape index (κ2) is 8.08. The Morgan fingerprint density at radius 2 is 1.79 bits per heavy atom. The van der Waals surface area contributed by atoms with Gasteiger partial charge in [-0.2, -0.15) is 0 Å². The first-order chi connectivity index (χ1) is 13.4. The molecule has 0 unspecified atom stereocenters. The SMILES string of the molecule is COc1cc(CC(=O)Nc2ccc3c(c2)NC(=O)[C@H](C)O3)cc(OC)c1OC. The third kappa shape index (κ3) is 3.95. The summed E-state index contributed by atoms with van der Waals surface area (Å²) in [5.41, 5.74) is 1.78. The van der Waals surface area contributed by atoms with Crippen LogP contribution in [0.15, 0.2) is 30.3 Å². The van der Waals surface area contributed by atoms with Gasteiger partial charge >= 0.3 is 0 Å². The van der Waals surface area contributed by atoms with Crippen LogP contribution >= 0.6 is 0 Å². The number of nitrogens with one attached hydrogen (secondary N) is 2. The lowest BCUT2D eigenvalue weighted by molar-refractivity contribution is -0.122. The molecule has 8 heteroatoms. The summed E-state index contributed by atoms with van der Waals surface area (Å²) < 4.78 is 21.4. The maximum atomic E-state index is 12.5. The van der Waals surface area contributed by atoms with Gasteiger partial charge in [0.05, 0.1) is 33.4 Å². The average Bonchev–Trinajstić information content (AvgIpc) is 2.68. The van der Waals surface area contributed by atoms with Crippen LogP contribution in [0, 0.1) is 0 Å². The minimum absolute atomic E-state index is 0.105. The summed E-state index contributed by atoms with van der Waals surface area (Å²) >= 11 is 0. The molecule has 0 saturated carbocycles. The highest BCUT2D eigenvalue weighted by atomic mass is 16.5. The van der Waals surface area contributed by atoms with Crippen LogP contribution in [0.4, 0.5) is 11.4 Å². The molecule has 0 fully saturated rings. The first kappa shape index (κ1) is 19.3. The van der Waals surface area contributed by atoms with Gasteiger partial charge in [0.2, 0.25) is 11.7 Å². The molecule has 2 aromatic rings. The van der Waals surface area contributed by atoms with Crippen molar-refractivity contribution in [2.45, 2.75) is 19.4 Å². The Bertz CT molecular complexity index is 887. The molecule has 0 saturated heterocycles. The summed E-state index contributed by atoms with van der Waals surface area (Å²) in [5.74, 6) is 1.53. The van der Waals surface area contributed by atoms with E-state index < -0.39 is 6.10 Å². The van der Waals surface area contributed by atoms with E-state index in [2.05, 4.69) is 10.6 Å². The fourth-order valence-electron chi connectivity index (χ4n) is 2.91. The standard InChI is InChI=1S/C20H22N2O6/c1-11-20(24)22-14-10-13(5-6-15(14)28-11)21-18(23)9-12-7-16(25-2)19(27-4)17(8-12)26-3/h5-8,10-11H,9H2,1-4H3,(H,21,23)(H,22,24)/t11-/m0/s1. The Morgan fingerprint density at radius 1 is 1.11 bits per heavy atom. The third-order valence-electron chi connectivity index (χ3n) is 4.28. The lowest BCUT2D eigenvalue weighted by Crippen LogP contribution is -2.34. The zero-order valence-electron chi connectivity index (χ0n) is 16.1. The van der Waals surface area contributed by atoms with Gasteiger partial charge in [-0.1, -0.05) is 0 Å². The second-order valence-electron chi connectivity index (χ2n) is 6.22. The Labute approximate surface area is 162 Å². The van der Waals surface area contributed by atoms with Gasteiger partial charge in [0.1, 0.15) is 5.75 Å². The molecule has 8 nitrogen and oxygen atoms in total. The number of fused-ring (bicyclic) bond motifs is 1.